The van der Waals surface area contributed by atoms with Crippen molar-refractivity contribution >= 4 is 33.5 Å². The lowest BCUT2D eigenvalue weighted by atomic mass is 10.3. The van der Waals surface area contributed by atoms with Crippen molar-refractivity contribution in [1.82, 2.24) is 9.97 Å². The third-order valence-electron chi connectivity index (χ3n) is 2.00. The first-order valence-electron chi connectivity index (χ1n) is 4.75. The largest absolute Gasteiger partial charge is 0.477 e. The second-order valence-corrected chi connectivity index (χ2v) is 4.03. The fourth-order valence-corrected chi connectivity index (χ4v) is 1.60. The average molecular weight is 294 g/mol. The lowest BCUT2D eigenvalue weighted by molar-refractivity contribution is 0.0690. The molecule has 0 aliphatic heterocycles. The first kappa shape index (κ1) is 11.5. The smallest absolute Gasteiger partial charge is 0.354 e. The summed E-state index contributed by atoms with van der Waals surface area (Å²) in [6.07, 6.45) is 1.40. The Morgan fingerprint density at radius 1 is 1.29 bits per heavy atom. The minimum atomic E-state index is -1.08. The van der Waals surface area contributed by atoms with Gasteiger partial charge in [0.05, 0.1) is 5.69 Å². The predicted molar refractivity (Wildman–Crippen MR) is 66.4 cm³/mol. The number of carboxylic acid groups (broad SMARTS) is 1. The second kappa shape index (κ2) is 4.92. The van der Waals surface area contributed by atoms with Crippen LogP contribution in [0.25, 0.3) is 0 Å². The van der Waals surface area contributed by atoms with Crippen molar-refractivity contribution in [2.45, 2.75) is 0 Å². The number of halogens is 1. The number of aromatic carboxylic acids is 1. The van der Waals surface area contributed by atoms with Gasteiger partial charge < -0.3 is 10.4 Å². The maximum absolute atomic E-state index is 10.7. The molecule has 0 saturated carbocycles. The third-order valence-corrected chi connectivity index (χ3v) is 2.69. The fourth-order valence-electron chi connectivity index (χ4n) is 1.22. The number of hydrogen-bond acceptors (Lipinski definition) is 4. The normalized spacial score (nSPS) is 9.94. The molecular weight excluding hydrogens is 286 g/mol. The summed E-state index contributed by atoms with van der Waals surface area (Å²) < 4.78 is 0.851. The number of rotatable bonds is 3. The number of anilines is 2. The average Bonchev–Trinajstić information content (AvgIpc) is 2.32. The second-order valence-electron chi connectivity index (χ2n) is 3.18. The van der Waals surface area contributed by atoms with Gasteiger partial charge in [0.25, 0.3) is 0 Å². The number of nitrogens with zero attached hydrogens (tertiary/aromatic N) is 2. The molecule has 2 aromatic rings. The van der Waals surface area contributed by atoms with Crippen molar-refractivity contribution in [3.05, 3.63) is 46.7 Å². The van der Waals surface area contributed by atoms with Gasteiger partial charge in [-0.3, -0.25) is 0 Å². The maximum atomic E-state index is 10.7. The SMILES string of the molecule is O=C(O)c1ccnc(Nc2ccccc2Br)n1. The molecule has 0 unspecified atom stereocenters. The van der Waals surface area contributed by atoms with Gasteiger partial charge in [-0.05, 0) is 34.1 Å². The van der Waals surface area contributed by atoms with E-state index in [1.807, 2.05) is 24.3 Å². The Morgan fingerprint density at radius 2 is 2.06 bits per heavy atom. The zero-order chi connectivity index (χ0) is 12.3. The van der Waals surface area contributed by atoms with Gasteiger partial charge in [0.1, 0.15) is 0 Å². The number of carbonyl (C=O) groups is 1. The molecule has 5 nitrogen and oxygen atoms in total. The van der Waals surface area contributed by atoms with Crippen LogP contribution in [0.15, 0.2) is 41.0 Å². The molecule has 2 N–H and O–H groups in total. The van der Waals surface area contributed by atoms with Crippen LogP contribution in [0.5, 0.6) is 0 Å². The molecule has 0 saturated heterocycles. The van der Waals surface area contributed by atoms with Crippen molar-refractivity contribution in [3.8, 4) is 0 Å². The quantitative estimate of drug-likeness (QED) is 0.910. The molecule has 0 atom stereocenters. The highest BCUT2D eigenvalue weighted by molar-refractivity contribution is 9.10. The molecule has 0 aliphatic rings. The highest BCUT2D eigenvalue weighted by atomic mass is 79.9. The molecule has 86 valence electrons. The van der Waals surface area contributed by atoms with E-state index in [0.29, 0.717) is 0 Å². The van der Waals surface area contributed by atoms with E-state index in [4.69, 9.17) is 5.11 Å². The van der Waals surface area contributed by atoms with Gasteiger partial charge in [0.15, 0.2) is 5.69 Å². The minimum absolute atomic E-state index is 0.0467. The van der Waals surface area contributed by atoms with E-state index in [1.54, 1.807) is 0 Å². The highest BCUT2D eigenvalue weighted by Crippen LogP contribution is 2.23. The molecule has 0 bridgehead atoms. The molecule has 0 radical (unpaired) electrons. The van der Waals surface area contributed by atoms with Gasteiger partial charge in [0, 0.05) is 10.7 Å². The van der Waals surface area contributed by atoms with Crippen LogP contribution >= 0.6 is 15.9 Å². The van der Waals surface area contributed by atoms with Gasteiger partial charge >= 0.3 is 5.97 Å². The molecule has 0 spiro atoms. The zero-order valence-electron chi connectivity index (χ0n) is 8.59. The van der Waals surface area contributed by atoms with Crippen molar-refractivity contribution in [1.29, 1.82) is 0 Å². The van der Waals surface area contributed by atoms with Crippen LogP contribution in [0, 0.1) is 0 Å². The first-order valence-corrected chi connectivity index (χ1v) is 5.54. The first-order chi connectivity index (χ1) is 8.16. The minimum Gasteiger partial charge on any atom is -0.477 e. The molecule has 2 rings (SSSR count). The number of benzene rings is 1. The van der Waals surface area contributed by atoms with E-state index in [1.165, 1.54) is 12.3 Å². The Morgan fingerprint density at radius 3 is 2.76 bits per heavy atom. The van der Waals surface area contributed by atoms with Crippen LogP contribution < -0.4 is 5.32 Å². The van der Waals surface area contributed by atoms with E-state index >= 15 is 0 Å². The molecular formula is C11H8BrN3O2. The number of nitrogens with one attached hydrogen (secondary N) is 1. The Kier molecular flexibility index (Phi) is 3.34. The van der Waals surface area contributed by atoms with Crippen LogP contribution in [0.2, 0.25) is 0 Å². The topological polar surface area (TPSA) is 75.1 Å². The van der Waals surface area contributed by atoms with Crippen LogP contribution in [0.1, 0.15) is 10.5 Å². The van der Waals surface area contributed by atoms with E-state index in [0.717, 1.165) is 10.2 Å². The summed E-state index contributed by atoms with van der Waals surface area (Å²) in [6, 6.07) is 8.77. The Bertz CT molecular complexity index is 560. The van der Waals surface area contributed by atoms with Crippen LogP contribution in [0.3, 0.4) is 0 Å². The number of hydrogen-bond donors (Lipinski definition) is 2. The van der Waals surface area contributed by atoms with Crippen LogP contribution in [-0.4, -0.2) is 21.0 Å². The third kappa shape index (κ3) is 2.79. The summed E-state index contributed by atoms with van der Waals surface area (Å²) in [7, 11) is 0. The van der Waals surface area contributed by atoms with Gasteiger partial charge in [0.2, 0.25) is 5.95 Å². The van der Waals surface area contributed by atoms with Crippen LogP contribution in [0.4, 0.5) is 11.6 Å². The summed E-state index contributed by atoms with van der Waals surface area (Å²) in [6.45, 7) is 0. The van der Waals surface area contributed by atoms with Gasteiger partial charge in [-0.2, -0.15) is 0 Å². The van der Waals surface area contributed by atoms with Gasteiger partial charge in [-0.25, -0.2) is 14.8 Å². The lowest BCUT2D eigenvalue weighted by Gasteiger charge is -2.06. The van der Waals surface area contributed by atoms with E-state index in [2.05, 4.69) is 31.2 Å². The summed E-state index contributed by atoms with van der Waals surface area (Å²) in [4.78, 5) is 18.6. The van der Waals surface area contributed by atoms with Gasteiger partial charge in [-0.1, -0.05) is 12.1 Å². The van der Waals surface area contributed by atoms with E-state index in [-0.39, 0.29) is 11.6 Å². The highest BCUT2D eigenvalue weighted by Gasteiger charge is 2.07. The van der Waals surface area contributed by atoms with E-state index < -0.39 is 5.97 Å². The van der Waals surface area contributed by atoms with Crippen molar-refractivity contribution in [3.63, 3.8) is 0 Å². The number of aromatic nitrogens is 2. The number of carboxylic acids is 1. The van der Waals surface area contributed by atoms with Crippen LogP contribution in [-0.2, 0) is 0 Å². The molecule has 0 amide bonds. The van der Waals surface area contributed by atoms with Crippen molar-refractivity contribution in [2.75, 3.05) is 5.32 Å². The molecule has 0 aliphatic carbocycles. The molecule has 17 heavy (non-hydrogen) atoms. The Hall–Kier alpha value is -1.95. The van der Waals surface area contributed by atoms with E-state index in [9.17, 15) is 4.79 Å². The summed E-state index contributed by atoms with van der Waals surface area (Å²) >= 11 is 3.37. The summed E-state index contributed by atoms with van der Waals surface area (Å²) in [5.41, 5.74) is 0.726. The monoisotopic (exact) mass is 293 g/mol. The fraction of sp³-hybridized carbons (Fsp3) is 0. The van der Waals surface area contributed by atoms with Crippen molar-refractivity contribution < 1.29 is 9.90 Å². The predicted octanol–water partition coefficient (Wildman–Crippen LogP) is 2.68. The molecule has 1 heterocycles. The van der Waals surface area contributed by atoms with Gasteiger partial charge in [-0.15, -0.1) is 0 Å². The zero-order valence-corrected chi connectivity index (χ0v) is 10.2. The molecule has 0 fully saturated rings. The summed E-state index contributed by atoms with van der Waals surface area (Å²) in [5, 5.41) is 11.7. The molecule has 1 aromatic heterocycles. The summed E-state index contributed by atoms with van der Waals surface area (Å²) in [5.74, 6) is -0.834. The van der Waals surface area contributed by atoms with Crippen molar-refractivity contribution in [2.24, 2.45) is 0 Å². The number of para-hydroxylation sites is 1. The lowest BCUT2D eigenvalue weighted by Crippen LogP contribution is -2.04. The maximum Gasteiger partial charge on any atom is 0.354 e. The molecule has 1 aromatic carbocycles. The Balaban J connectivity index is 2.28. The standard InChI is InChI=1S/C11H8BrN3O2/c12-7-3-1-2-4-8(7)14-11-13-6-5-9(15-11)10(16)17/h1-6H,(H,16,17)(H,13,14,15). The molecule has 6 heteroatoms. The Labute approximate surface area is 106 Å².